The van der Waals surface area contributed by atoms with E-state index in [9.17, 15) is 4.79 Å². The van der Waals surface area contributed by atoms with E-state index >= 15 is 0 Å². The van der Waals surface area contributed by atoms with Gasteiger partial charge in [0.2, 0.25) is 0 Å². The van der Waals surface area contributed by atoms with Crippen molar-refractivity contribution in [2.45, 2.75) is 32.7 Å². The highest BCUT2D eigenvalue weighted by atomic mass is 79.9. The molecule has 4 heteroatoms. The van der Waals surface area contributed by atoms with E-state index in [0.29, 0.717) is 17.5 Å². The van der Waals surface area contributed by atoms with Gasteiger partial charge in [-0.2, -0.15) is 0 Å². The van der Waals surface area contributed by atoms with Crippen molar-refractivity contribution in [3.8, 4) is 0 Å². The van der Waals surface area contributed by atoms with Crippen LogP contribution in [0.3, 0.4) is 0 Å². The van der Waals surface area contributed by atoms with Crippen LogP contribution in [0.4, 0.5) is 5.69 Å². The molecule has 0 amide bonds. The third kappa shape index (κ3) is 2.14. The number of methoxy groups -OCH3 is 1. The number of halogens is 1. The molecule has 1 atom stereocenters. The standard InChI is InChI=1S/C14H18BrNO2/c1-8(2)16-7-9(3)11-5-10(14(17)18-4)6-12(15)13(11)16/h5-6,8-9H,7H2,1-4H3. The molecule has 3 nitrogen and oxygen atoms in total. The zero-order valence-electron chi connectivity index (χ0n) is 11.2. The first-order valence-corrected chi connectivity index (χ1v) is 6.93. The molecule has 1 aliphatic rings. The number of carbonyl (C=O) groups excluding carboxylic acids is 1. The summed E-state index contributed by atoms with van der Waals surface area (Å²) in [6.45, 7) is 7.55. The Morgan fingerprint density at radius 3 is 2.72 bits per heavy atom. The highest BCUT2D eigenvalue weighted by Crippen LogP contribution is 2.43. The molecule has 0 saturated heterocycles. The Kier molecular flexibility index (Phi) is 3.66. The summed E-state index contributed by atoms with van der Waals surface area (Å²) < 4.78 is 5.76. The zero-order chi connectivity index (χ0) is 13.4. The van der Waals surface area contributed by atoms with Crippen LogP contribution >= 0.6 is 15.9 Å². The Labute approximate surface area is 116 Å². The molecule has 0 spiro atoms. The number of ether oxygens (including phenoxy) is 1. The van der Waals surface area contributed by atoms with Gasteiger partial charge in [-0.05, 0) is 47.5 Å². The Morgan fingerprint density at radius 2 is 2.17 bits per heavy atom. The molecule has 1 aromatic rings. The van der Waals surface area contributed by atoms with Crippen molar-refractivity contribution in [1.82, 2.24) is 0 Å². The predicted molar refractivity (Wildman–Crippen MR) is 76.4 cm³/mol. The molecule has 98 valence electrons. The van der Waals surface area contributed by atoms with Crippen LogP contribution in [0.2, 0.25) is 0 Å². The fraction of sp³-hybridized carbons (Fsp3) is 0.500. The van der Waals surface area contributed by atoms with E-state index in [1.165, 1.54) is 18.4 Å². The maximum absolute atomic E-state index is 11.6. The Morgan fingerprint density at radius 1 is 1.50 bits per heavy atom. The lowest BCUT2D eigenvalue weighted by atomic mass is 10.0. The normalized spacial score (nSPS) is 18.1. The summed E-state index contributed by atoms with van der Waals surface area (Å²) in [5.74, 6) is 0.150. The summed E-state index contributed by atoms with van der Waals surface area (Å²) in [7, 11) is 1.41. The van der Waals surface area contributed by atoms with Gasteiger partial charge in [0.15, 0.2) is 0 Å². The average molecular weight is 312 g/mol. The van der Waals surface area contributed by atoms with Crippen LogP contribution in [-0.2, 0) is 4.74 Å². The van der Waals surface area contributed by atoms with Gasteiger partial charge in [-0.3, -0.25) is 0 Å². The molecule has 18 heavy (non-hydrogen) atoms. The van der Waals surface area contributed by atoms with Crippen LogP contribution in [0.5, 0.6) is 0 Å². The lowest BCUT2D eigenvalue weighted by Crippen LogP contribution is -2.29. The Balaban J connectivity index is 2.52. The average Bonchev–Trinajstić information content (AvgIpc) is 2.66. The fourth-order valence-corrected chi connectivity index (χ4v) is 3.19. The van der Waals surface area contributed by atoms with Crippen molar-refractivity contribution in [1.29, 1.82) is 0 Å². The first-order valence-electron chi connectivity index (χ1n) is 6.14. The molecule has 0 aromatic heterocycles. The fourth-order valence-electron chi connectivity index (χ4n) is 2.49. The summed E-state index contributed by atoms with van der Waals surface area (Å²) in [5.41, 5.74) is 3.05. The van der Waals surface area contributed by atoms with E-state index in [0.717, 1.165) is 11.0 Å². The van der Waals surface area contributed by atoms with Crippen molar-refractivity contribution >= 4 is 27.6 Å². The van der Waals surface area contributed by atoms with E-state index in [4.69, 9.17) is 4.74 Å². The maximum Gasteiger partial charge on any atom is 0.337 e. The van der Waals surface area contributed by atoms with Gasteiger partial charge in [0.1, 0.15) is 0 Å². The highest BCUT2D eigenvalue weighted by molar-refractivity contribution is 9.10. The molecule has 2 rings (SSSR count). The van der Waals surface area contributed by atoms with E-state index in [1.807, 2.05) is 12.1 Å². The number of fused-ring (bicyclic) bond motifs is 1. The van der Waals surface area contributed by atoms with Gasteiger partial charge in [0, 0.05) is 23.0 Å². The molecule has 1 unspecified atom stereocenters. The molecule has 0 radical (unpaired) electrons. The summed E-state index contributed by atoms with van der Waals surface area (Å²) in [4.78, 5) is 14.0. The van der Waals surface area contributed by atoms with Gasteiger partial charge in [-0.25, -0.2) is 4.79 Å². The van der Waals surface area contributed by atoms with Gasteiger partial charge in [0.25, 0.3) is 0 Å². The van der Waals surface area contributed by atoms with E-state index < -0.39 is 0 Å². The first kappa shape index (κ1) is 13.4. The number of anilines is 1. The molecular formula is C14H18BrNO2. The van der Waals surface area contributed by atoms with Crippen LogP contribution in [-0.4, -0.2) is 25.7 Å². The molecule has 0 bridgehead atoms. The number of benzene rings is 1. The van der Waals surface area contributed by atoms with E-state index in [1.54, 1.807) is 0 Å². The predicted octanol–water partition coefficient (Wildman–Crippen LogP) is 3.57. The van der Waals surface area contributed by atoms with Gasteiger partial charge in [-0.1, -0.05) is 6.92 Å². The van der Waals surface area contributed by atoms with Crippen molar-refractivity contribution in [3.63, 3.8) is 0 Å². The molecule has 1 aromatic carbocycles. The minimum absolute atomic E-state index is 0.284. The first-order chi connectivity index (χ1) is 8.45. The lowest BCUT2D eigenvalue weighted by molar-refractivity contribution is 0.0600. The van der Waals surface area contributed by atoms with E-state index in [-0.39, 0.29) is 5.97 Å². The number of hydrogen-bond acceptors (Lipinski definition) is 3. The molecule has 0 fully saturated rings. The van der Waals surface area contributed by atoms with Crippen LogP contribution in [0.15, 0.2) is 16.6 Å². The largest absolute Gasteiger partial charge is 0.465 e. The second-order valence-electron chi connectivity index (χ2n) is 5.03. The minimum atomic E-state index is -0.284. The topological polar surface area (TPSA) is 29.5 Å². The van der Waals surface area contributed by atoms with E-state index in [2.05, 4.69) is 41.6 Å². The van der Waals surface area contributed by atoms with Gasteiger partial charge < -0.3 is 9.64 Å². The number of rotatable bonds is 2. The van der Waals surface area contributed by atoms with Crippen molar-refractivity contribution in [3.05, 3.63) is 27.7 Å². The number of carbonyl (C=O) groups is 1. The van der Waals surface area contributed by atoms with Crippen molar-refractivity contribution in [2.75, 3.05) is 18.6 Å². The quantitative estimate of drug-likeness (QED) is 0.782. The summed E-state index contributed by atoms with van der Waals surface area (Å²) in [5, 5.41) is 0. The van der Waals surface area contributed by atoms with Gasteiger partial charge in [-0.15, -0.1) is 0 Å². The second-order valence-corrected chi connectivity index (χ2v) is 5.89. The second kappa shape index (κ2) is 4.92. The zero-order valence-corrected chi connectivity index (χ0v) is 12.7. The van der Waals surface area contributed by atoms with Gasteiger partial charge >= 0.3 is 5.97 Å². The Bertz CT molecular complexity index is 485. The van der Waals surface area contributed by atoms with Crippen LogP contribution < -0.4 is 4.90 Å². The minimum Gasteiger partial charge on any atom is -0.465 e. The molecular weight excluding hydrogens is 294 g/mol. The lowest BCUT2D eigenvalue weighted by Gasteiger charge is -2.25. The number of hydrogen-bond donors (Lipinski definition) is 0. The summed E-state index contributed by atoms with van der Waals surface area (Å²) in [6, 6.07) is 4.26. The molecule has 1 aliphatic heterocycles. The molecule has 0 saturated carbocycles. The monoisotopic (exact) mass is 311 g/mol. The highest BCUT2D eigenvalue weighted by Gasteiger charge is 2.30. The Hall–Kier alpha value is -1.03. The summed E-state index contributed by atoms with van der Waals surface area (Å²) >= 11 is 3.58. The third-order valence-corrected chi connectivity index (χ3v) is 4.03. The molecule has 0 aliphatic carbocycles. The van der Waals surface area contributed by atoms with Crippen molar-refractivity contribution in [2.24, 2.45) is 0 Å². The third-order valence-electron chi connectivity index (χ3n) is 3.43. The van der Waals surface area contributed by atoms with Crippen molar-refractivity contribution < 1.29 is 9.53 Å². The van der Waals surface area contributed by atoms with Crippen LogP contribution in [0.25, 0.3) is 0 Å². The smallest absolute Gasteiger partial charge is 0.337 e. The maximum atomic E-state index is 11.6. The van der Waals surface area contributed by atoms with Gasteiger partial charge in [0.05, 0.1) is 18.4 Å². The molecule has 0 N–H and O–H groups in total. The summed E-state index contributed by atoms with van der Waals surface area (Å²) in [6.07, 6.45) is 0. The number of esters is 1. The van der Waals surface area contributed by atoms with Crippen LogP contribution in [0.1, 0.15) is 42.6 Å². The SMILES string of the molecule is COC(=O)c1cc(Br)c2c(c1)C(C)CN2C(C)C. The van der Waals surface area contributed by atoms with Crippen LogP contribution in [0, 0.1) is 0 Å². The molecule has 1 heterocycles. The number of nitrogens with zero attached hydrogens (tertiary/aromatic N) is 1.